The highest BCUT2D eigenvalue weighted by atomic mass is 19.1. The molecule has 26 heavy (non-hydrogen) atoms. The van der Waals surface area contributed by atoms with Gasteiger partial charge < -0.3 is 4.74 Å². The van der Waals surface area contributed by atoms with Gasteiger partial charge >= 0.3 is 0 Å². The number of benzene rings is 3. The monoisotopic (exact) mass is 346 g/mol. The quantitative estimate of drug-likeness (QED) is 0.548. The molecule has 0 radical (unpaired) electrons. The van der Waals surface area contributed by atoms with Crippen molar-refractivity contribution in [3.63, 3.8) is 0 Å². The molecule has 0 atom stereocenters. The standard InChI is InChI=1S/C24H23FO/c1-16-13-19(26-15-18-7-4-3-5-8-18)14-17(2)24(16)22-11-12-23(25)21-10-6-9-20(21)22/h3-5,7-8,11-14H,6,9-10,15H2,1-2H3. The summed E-state index contributed by atoms with van der Waals surface area (Å²) in [6.07, 6.45) is 2.86. The van der Waals surface area contributed by atoms with Crippen molar-refractivity contribution >= 4 is 0 Å². The Hall–Kier alpha value is -2.61. The molecule has 1 nitrogen and oxygen atoms in total. The molecule has 0 aliphatic heterocycles. The molecule has 0 saturated carbocycles. The zero-order valence-corrected chi connectivity index (χ0v) is 15.3. The van der Waals surface area contributed by atoms with Crippen LogP contribution >= 0.6 is 0 Å². The van der Waals surface area contributed by atoms with Crippen LogP contribution in [0.5, 0.6) is 5.75 Å². The minimum Gasteiger partial charge on any atom is -0.489 e. The van der Waals surface area contributed by atoms with Crippen LogP contribution in [0.25, 0.3) is 11.1 Å². The van der Waals surface area contributed by atoms with Crippen molar-refractivity contribution in [2.24, 2.45) is 0 Å². The first kappa shape index (κ1) is 16.8. The zero-order chi connectivity index (χ0) is 18.1. The number of hydrogen-bond donors (Lipinski definition) is 0. The summed E-state index contributed by atoms with van der Waals surface area (Å²) in [6, 6.07) is 17.9. The molecule has 0 fully saturated rings. The van der Waals surface area contributed by atoms with Crippen molar-refractivity contribution in [2.75, 3.05) is 0 Å². The van der Waals surface area contributed by atoms with Gasteiger partial charge in [-0.05, 0) is 90.3 Å². The molecule has 4 rings (SSSR count). The molecule has 2 heteroatoms. The Labute approximate surface area is 154 Å². The highest BCUT2D eigenvalue weighted by Crippen LogP contribution is 2.38. The average Bonchev–Trinajstić information content (AvgIpc) is 3.13. The Morgan fingerprint density at radius 3 is 2.31 bits per heavy atom. The fourth-order valence-corrected chi connectivity index (χ4v) is 4.07. The van der Waals surface area contributed by atoms with E-state index in [0.29, 0.717) is 6.61 Å². The maximum absolute atomic E-state index is 14.1. The molecule has 132 valence electrons. The van der Waals surface area contributed by atoms with E-state index in [2.05, 4.69) is 38.1 Å². The van der Waals surface area contributed by atoms with E-state index in [-0.39, 0.29) is 5.82 Å². The Balaban J connectivity index is 1.66. The van der Waals surface area contributed by atoms with Gasteiger partial charge in [-0.15, -0.1) is 0 Å². The molecule has 1 aliphatic carbocycles. The summed E-state index contributed by atoms with van der Waals surface area (Å²) in [5.74, 6) is 0.825. The SMILES string of the molecule is Cc1cc(OCc2ccccc2)cc(C)c1-c1ccc(F)c2c1CCC2. The molecular formula is C24H23FO. The van der Waals surface area contributed by atoms with Gasteiger partial charge in [0.2, 0.25) is 0 Å². The van der Waals surface area contributed by atoms with E-state index < -0.39 is 0 Å². The molecule has 0 saturated heterocycles. The number of aryl methyl sites for hydroxylation is 2. The number of ether oxygens (including phenoxy) is 1. The Bertz CT molecular complexity index is 921. The second kappa shape index (κ2) is 6.95. The minimum atomic E-state index is -0.0561. The first-order valence-corrected chi connectivity index (χ1v) is 9.22. The van der Waals surface area contributed by atoms with Crippen molar-refractivity contribution < 1.29 is 9.13 Å². The van der Waals surface area contributed by atoms with Crippen molar-refractivity contribution in [2.45, 2.75) is 39.7 Å². The molecule has 0 amide bonds. The van der Waals surface area contributed by atoms with Crippen molar-refractivity contribution in [1.29, 1.82) is 0 Å². The van der Waals surface area contributed by atoms with Crippen LogP contribution in [0.15, 0.2) is 54.6 Å². The average molecular weight is 346 g/mol. The Morgan fingerprint density at radius 2 is 1.58 bits per heavy atom. The van der Waals surface area contributed by atoms with Crippen LogP contribution in [0.2, 0.25) is 0 Å². The maximum Gasteiger partial charge on any atom is 0.126 e. The van der Waals surface area contributed by atoms with Gasteiger partial charge in [-0.25, -0.2) is 4.39 Å². The van der Waals surface area contributed by atoms with Crippen molar-refractivity contribution in [3.8, 4) is 16.9 Å². The van der Waals surface area contributed by atoms with Crippen LogP contribution < -0.4 is 4.74 Å². The van der Waals surface area contributed by atoms with Gasteiger partial charge in [0, 0.05) is 0 Å². The van der Waals surface area contributed by atoms with Gasteiger partial charge in [0.1, 0.15) is 18.2 Å². The lowest BCUT2D eigenvalue weighted by molar-refractivity contribution is 0.306. The van der Waals surface area contributed by atoms with Crippen molar-refractivity contribution in [1.82, 2.24) is 0 Å². The van der Waals surface area contributed by atoms with Crippen LogP contribution in [0, 0.1) is 19.7 Å². The lowest BCUT2D eigenvalue weighted by Crippen LogP contribution is -1.99. The van der Waals surface area contributed by atoms with Gasteiger partial charge in [-0.1, -0.05) is 36.4 Å². The molecule has 0 N–H and O–H groups in total. The lowest BCUT2D eigenvalue weighted by atomic mass is 9.90. The van der Waals surface area contributed by atoms with E-state index in [9.17, 15) is 4.39 Å². The normalized spacial score (nSPS) is 12.9. The third-order valence-corrected chi connectivity index (χ3v) is 5.25. The van der Waals surface area contributed by atoms with Crippen LogP contribution in [-0.2, 0) is 19.4 Å². The third kappa shape index (κ3) is 3.12. The zero-order valence-electron chi connectivity index (χ0n) is 15.3. The van der Waals surface area contributed by atoms with Gasteiger partial charge in [0.05, 0.1) is 0 Å². The number of rotatable bonds is 4. The minimum absolute atomic E-state index is 0.0561. The summed E-state index contributed by atoms with van der Waals surface area (Å²) >= 11 is 0. The molecule has 3 aromatic carbocycles. The van der Waals surface area contributed by atoms with Gasteiger partial charge in [-0.2, -0.15) is 0 Å². The summed E-state index contributed by atoms with van der Waals surface area (Å²) in [7, 11) is 0. The van der Waals surface area contributed by atoms with Crippen LogP contribution in [0.3, 0.4) is 0 Å². The highest BCUT2D eigenvalue weighted by molar-refractivity contribution is 5.76. The van der Waals surface area contributed by atoms with Crippen LogP contribution in [0.4, 0.5) is 4.39 Å². The van der Waals surface area contributed by atoms with E-state index in [1.807, 2.05) is 24.3 Å². The van der Waals surface area contributed by atoms with Crippen LogP contribution in [0.1, 0.15) is 34.2 Å². The summed E-state index contributed by atoms with van der Waals surface area (Å²) in [5, 5.41) is 0. The molecule has 3 aromatic rings. The fourth-order valence-electron chi connectivity index (χ4n) is 4.07. The summed E-state index contributed by atoms with van der Waals surface area (Å²) in [6.45, 7) is 4.79. The Kier molecular flexibility index (Phi) is 4.50. The maximum atomic E-state index is 14.1. The topological polar surface area (TPSA) is 9.23 Å². The first-order chi connectivity index (χ1) is 12.6. The third-order valence-electron chi connectivity index (χ3n) is 5.25. The predicted molar refractivity (Wildman–Crippen MR) is 104 cm³/mol. The Morgan fingerprint density at radius 1 is 0.885 bits per heavy atom. The molecule has 0 unspecified atom stereocenters. The number of halogens is 1. The van der Waals surface area contributed by atoms with Gasteiger partial charge in [0.15, 0.2) is 0 Å². The van der Waals surface area contributed by atoms with Crippen LogP contribution in [-0.4, -0.2) is 0 Å². The summed E-state index contributed by atoms with van der Waals surface area (Å²) in [4.78, 5) is 0. The summed E-state index contributed by atoms with van der Waals surface area (Å²) in [5.41, 5.74) is 8.00. The molecule has 0 aromatic heterocycles. The number of hydrogen-bond acceptors (Lipinski definition) is 1. The van der Waals surface area contributed by atoms with Crippen molar-refractivity contribution in [3.05, 3.63) is 88.2 Å². The van der Waals surface area contributed by atoms with E-state index in [4.69, 9.17) is 4.74 Å². The molecule has 0 bridgehead atoms. The largest absolute Gasteiger partial charge is 0.489 e. The second-order valence-electron chi connectivity index (χ2n) is 7.11. The number of fused-ring (bicyclic) bond motifs is 1. The van der Waals surface area contributed by atoms with Gasteiger partial charge in [0.25, 0.3) is 0 Å². The second-order valence-corrected chi connectivity index (χ2v) is 7.11. The summed E-state index contributed by atoms with van der Waals surface area (Å²) < 4.78 is 20.1. The lowest BCUT2D eigenvalue weighted by Gasteiger charge is -2.17. The molecular weight excluding hydrogens is 323 g/mol. The highest BCUT2D eigenvalue weighted by Gasteiger charge is 2.21. The first-order valence-electron chi connectivity index (χ1n) is 9.22. The van der Waals surface area contributed by atoms with Gasteiger partial charge in [-0.3, -0.25) is 0 Å². The fraction of sp³-hybridized carbons (Fsp3) is 0.250. The molecule has 0 spiro atoms. The molecule has 1 aliphatic rings. The molecule has 0 heterocycles. The van der Waals surface area contributed by atoms with E-state index in [1.54, 1.807) is 6.07 Å². The van der Waals surface area contributed by atoms with E-state index >= 15 is 0 Å². The predicted octanol–water partition coefficient (Wildman–Crippen LogP) is 6.18. The van der Waals surface area contributed by atoms with E-state index in [1.165, 1.54) is 27.8 Å². The smallest absolute Gasteiger partial charge is 0.126 e. The van der Waals surface area contributed by atoms with E-state index in [0.717, 1.165) is 36.1 Å².